The van der Waals surface area contributed by atoms with E-state index in [1.165, 1.54) is 6.42 Å². The van der Waals surface area contributed by atoms with Gasteiger partial charge in [0.15, 0.2) is 5.82 Å². The van der Waals surface area contributed by atoms with Crippen LogP contribution >= 0.6 is 0 Å². The van der Waals surface area contributed by atoms with Crippen molar-refractivity contribution in [2.45, 2.75) is 78.2 Å². The number of amides is 1. The summed E-state index contributed by atoms with van der Waals surface area (Å²) in [6.45, 7) is 5.96. The second kappa shape index (κ2) is 13.5. The Morgan fingerprint density at radius 3 is 2.34 bits per heavy atom. The Balaban J connectivity index is 1.42. The molecule has 0 spiro atoms. The molecular weight excluding hydrogens is 514 g/mol. The molecule has 0 saturated carbocycles. The molecule has 1 amide bonds. The number of carbonyl (C=O) groups is 1. The van der Waals surface area contributed by atoms with Crippen molar-refractivity contribution in [2.75, 3.05) is 13.1 Å². The van der Waals surface area contributed by atoms with Gasteiger partial charge in [-0.05, 0) is 53.3 Å². The van der Waals surface area contributed by atoms with Crippen LogP contribution < -0.4 is 5.56 Å². The Labute approximate surface area is 241 Å². The Kier molecular flexibility index (Phi) is 9.33. The number of nitrogens with zero attached hydrogens (tertiary/aromatic N) is 6. The lowest BCUT2D eigenvalue weighted by Crippen LogP contribution is -2.38. The minimum absolute atomic E-state index is 0.0340. The molecule has 1 aliphatic rings. The topological polar surface area (TPSA) is 110 Å². The summed E-state index contributed by atoms with van der Waals surface area (Å²) in [5.74, 6) is 1.43. The standard InChI is InChI=1S/C32H39N7O2/c1-3-4-14-29-33-23(2)28(21-30(40)38-19-10-6-5-7-11-20-38)32(41)39(29)22-24-15-17-25(18-16-24)26-12-8-9-13-27(26)31-34-36-37-35-31/h8-9,12-13,15-18H,3-7,10-11,14,19-22H2,1-2H3,(H,34,35,36,37). The van der Waals surface area contributed by atoms with Gasteiger partial charge in [-0.25, -0.2) is 10.1 Å². The third-order valence-electron chi connectivity index (χ3n) is 7.97. The maximum absolute atomic E-state index is 13.9. The van der Waals surface area contributed by atoms with Gasteiger partial charge >= 0.3 is 0 Å². The third-order valence-corrected chi connectivity index (χ3v) is 7.97. The fraction of sp³-hybridized carbons (Fsp3) is 0.438. The van der Waals surface area contributed by atoms with Gasteiger partial charge in [0.25, 0.3) is 5.56 Å². The van der Waals surface area contributed by atoms with Crippen molar-refractivity contribution >= 4 is 5.91 Å². The number of rotatable bonds is 9. The van der Waals surface area contributed by atoms with Crippen LogP contribution in [0.3, 0.4) is 0 Å². The molecule has 5 rings (SSSR count). The average molecular weight is 554 g/mol. The summed E-state index contributed by atoms with van der Waals surface area (Å²) in [6.07, 6.45) is 8.40. The number of hydrogen-bond acceptors (Lipinski definition) is 6. The number of nitrogens with one attached hydrogen (secondary N) is 1. The molecule has 1 fully saturated rings. The number of H-pyrrole nitrogens is 1. The van der Waals surface area contributed by atoms with Gasteiger partial charge in [0.05, 0.1) is 13.0 Å². The van der Waals surface area contributed by atoms with Crippen LogP contribution in [-0.2, 0) is 24.2 Å². The first-order valence-electron chi connectivity index (χ1n) is 14.8. The summed E-state index contributed by atoms with van der Waals surface area (Å²) in [5.41, 5.74) is 5.05. The SMILES string of the molecule is CCCCc1nc(C)c(CC(=O)N2CCCCCCC2)c(=O)n1Cc1ccc(-c2ccccc2-c2nnn[nH]2)cc1. The summed E-state index contributed by atoms with van der Waals surface area (Å²) in [5, 5.41) is 14.3. The maximum atomic E-state index is 13.9. The van der Waals surface area contributed by atoms with Crippen LogP contribution in [0.15, 0.2) is 53.3 Å². The third kappa shape index (κ3) is 6.78. The Bertz CT molecular complexity index is 1500. The van der Waals surface area contributed by atoms with Crippen LogP contribution in [0, 0.1) is 6.92 Å². The number of carbonyl (C=O) groups excluding carboxylic acids is 1. The molecule has 1 aliphatic heterocycles. The largest absolute Gasteiger partial charge is 0.342 e. The van der Waals surface area contributed by atoms with E-state index in [1.807, 2.05) is 48.2 Å². The predicted octanol–water partition coefficient (Wildman–Crippen LogP) is 5.12. The highest BCUT2D eigenvalue weighted by Gasteiger charge is 2.21. The highest BCUT2D eigenvalue weighted by atomic mass is 16.2. The number of aryl methyl sites for hydroxylation is 2. The van der Waals surface area contributed by atoms with Crippen LogP contribution in [0.25, 0.3) is 22.5 Å². The zero-order chi connectivity index (χ0) is 28.6. The van der Waals surface area contributed by atoms with Crippen LogP contribution in [0.2, 0.25) is 0 Å². The van der Waals surface area contributed by atoms with E-state index in [2.05, 4.69) is 39.7 Å². The minimum Gasteiger partial charge on any atom is -0.342 e. The fourth-order valence-corrected chi connectivity index (χ4v) is 5.60. The molecule has 4 aromatic rings. The number of tetrazole rings is 1. The van der Waals surface area contributed by atoms with Crippen molar-refractivity contribution in [1.29, 1.82) is 0 Å². The zero-order valence-corrected chi connectivity index (χ0v) is 24.1. The summed E-state index contributed by atoms with van der Waals surface area (Å²) >= 11 is 0. The van der Waals surface area contributed by atoms with E-state index in [4.69, 9.17) is 4.98 Å². The fourth-order valence-electron chi connectivity index (χ4n) is 5.60. The second-order valence-corrected chi connectivity index (χ2v) is 10.9. The van der Waals surface area contributed by atoms with Crippen molar-refractivity contribution in [3.05, 3.63) is 81.5 Å². The molecule has 41 heavy (non-hydrogen) atoms. The number of unbranched alkanes of at least 4 members (excludes halogenated alkanes) is 1. The first-order valence-corrected chi connectivity index (χ1v) is 14.8. The van der Waals surface area contributed by atoms with E-state index in [0.29, 0.717) is 23.6 Å². The number of aromatic nitrogens is 6. The van der Waals surface area contributed by atoms with Gasteiger partial charge in [-0.2, -0.15) is 0 Å². The quantitative estimate of drug-likeness (QED) is 0.308. The number of likely N-dealkylation sites (tertiary alicyclic amines) is 1. The maximum Gasteiger partial charge on any atom is 0.257 e. The molecule has 3 heterocycles. The van der Waals surface area contributed by atoms with E-state index in [9.17, 15) is 9.59 Å². The van der Waals surface area contributed by atoms with E-state index in [-0.39, 0.29) is 17.9 Å². The smallest absolute Gasteiger partial charge is 0.257 e. The van der Waals surface area contributed by atoms with Crippen molar-refractivity contribution in [1.82, 2.24) is 35.1 Å². The Morgan fingerprint density at radius 1 is 0.951 bits per heavy atom. The minimum atomic E-state index is -0.101. The molecule has 9 heteroatoms. The van der Waals surface area contributed by atoms with Crippen LogP contribution in [-0.4, -0.2) is 54.1 Å². The first-order chi connectivity index (χ1) is 20.0. The Morgan fingerprint density at radius 2 is 1.66 bits per heavy atom. The molecule has 2 aromatic carbocycles. The zero-order valence-electron chi connectivity index (χ0n) is 24.1. The monoisotopic (exact) mass is 553 g/mol. The molecule has 214 valence electrons. The lowest BCUT2D eigenvalue weighted by Gasteiger charge is -2.25. The van der Waals surface area contributed by atoms with Crippen molar-refractivity contribution in [3.63, 3.8) is 0 Å². The molecule has 0 radical (unpaired) electrons. The normalized spacial score (nSPS) is 14.0. The van der Waals surface area contributed by atoms with Gasteiger partial charge in [-0.3, -0.25) is 14.2 Å². The van der Waals surface area contributed by atoms with Gasteiger partial charge < -0.3 is 4.90 Å². The summed E-state index contributed by atoms with van der Waals surface area (Å²) in [7, 11) is 0. The van der Waals surface area contributed by atoms with E-state index in [1.54, 1.807) is 4.57 Å². The predicted molar refractivity (Wildman–Crippen MR) is 159 cm³/mol. The van der Waals surface area contributed by atoms with Gasteiger partial charge in [-0.15, -0.1) is 5.10 Å². The summed E-state index contributed by atoms with van der Waals surface area (Å²) in [6, 6.07) is 16.2. The van der Waals surface area contributed by atoms with E-state index in [0.717, 1.165) is 86.1 Å². The van der Waals surface area contributed by atoms with Crippen LogP contribution in [0.5, 0.6) is 0 Å². The van der Waals surface area contributed by atoms with Crippen molar-refractivity contribution in [3.8, 4) is 22.5 Å². The Hall–Kier alpha value is -4.14. The lowest BCUT2D eigenvalue weighted by molar-refractivity contribution is -0.130. The molecule has 0 unspecified atom stereocenters. The number of aromatic amines is 1. The number of hydrogen-bond donors (Lipinski definition) is 1. The summed E-state index contributed by atoms with van der Waals surface area (Å²) < 4.78 is 1.78. The molecule has 0 atom stereocenters. The van der Waals surface area contributed by atoms with Gasteiger partial charge in [-0.1, -0.05) is 81.1 Å². The molecule has 1 saturated heterocycles. The second-order valence-electron chi connectivity index (χ2n) is 10.9. The highest BCUT2D eigenvalue weighted by molar-refractivity contribution is 5.80. The highest BCUT2D eigenvalue weighted by Crippen LogP contribution is 2.29. The van der Waals surface area contributed by atoms with Crippen LogP contribution in [0.4, 0.5) is 0 Å². The average Bonchev–Trinajstić information content (AvgIpc) is 3.51. The molecule has 1 N–H and O–H groups in total. The molecule has 0 bridgehead atoms. The van der Waals surface area contributed by atoms with Gasteiger partial charge in [0, 0.05) is 36.3 Å². The van der Waals surface area contributed by atoms with Gasteiger partial charge in [0.2, 0.25) is 5.91 Å². The summed E-state index contributed by atoms with van der Waals surface area (Å²) in [4.78, 5) is 34.0. The molecule has 0 aliphatic carbocycles. The first kappa shape index (κ1) is 28.4. The van der Waals surface area contributed by atoms with Crippen LogP contribution in [0.1, 0.15) is 74.5 Å². The van der Waals surface area contributed by atoms with E-state index >= 15 is 0 Å². The number of benzene rings is 2. The molecule has 9 nitrogen and oxygen atoms in total. The van der Waals surface area contributed by atoms with E-state index < -0.39 is 0 Å². The van der Waals surface area contributed by atoms with Gasteiger partial charge in [0.1, 0.15) is 5.82 Å². The molecule has 2 aromatic heterocycles. The van der Waals surface area contributed by atoms with Crippen molar-refractivity contribution < 1.29 is 4.79 Å². The molecular formula is C32H39N7O2. The van der Waals surface area contributed by atoms with Crippen molar-refractivity contribution in [2.24, 2.45) is 0 Å². The lowest BCUT2D eigenvalue weighted by atomic mass is 9.98.